The first-order valence-electron chi connectivity index (χ1n) is 11.8. The van der Waals surface area contributed by atoms with Gasteiger partial charge in [-0.3, -0.25) is 9.52 Å². The molecule has 1 aliphatic carbocycles. The zero-order valence-corrected chi connectivity index (χ0v) is 21.0. The first-order valence-corrected chi connectivity index (χ1v) is 13.3. The number of halogens is 3. The summed E-state index contributed by atoms with van der Waals surface area (Å²) >= 11 is 0. The molecule has 1 saturated carbocycles. The maximum absolute atomic E-state index is 12.8. The fraction of sp³-hybridized carbons (Fsp3) is 0.440. The molecule has 0 bridgehead atoms. The molecule has 1 amide bonds. The van der Waals surface area contributed by atoms with E-state index in [9.17, 15) is 26.4 Å². The fourth-order valence-corrected chi connectivity index (χ4v) is 4.99. The third-order valence-corrected chi connectivity index (χ3v) is 7.67. The van der Waals surface area contributed by atoms with E-state index in [0.717, 1.165) is 49.8 Å². The number of aryl methyl sites for hydroxylation is 1. The second kappa shape index (κ2) is 11.5. The maximum Gasteiger partial charge on any atom is 0.490 e. The van der Waals surface area contributed by atoms with E-state index in [-0.39, 0.29) is 16.9 Å². The summed E-state index contributed by atoms with van der Waals surface area (Å²) in [6, 6.07) is 14.0. The van der Waals surface area contributed by atoms with Crippen molar-refractivity contribution in [2.75, 3.05) is 17.9 Å². The lowest BCUT2D eigenvalue weighted by molar-refractivity contribution is -0.192. The van der Waals surface area contributed by atoms with Gasteiger partial charge in [0.25, 0.3) is 10.0 Å². The summed E-state index contributed by atoms with van der Waals surface area (Å²) in [6.45, 7) is 3.35. The molecule has 2 aromatic carbocycles. The molecule has 1 atom stereocenters. The molecular weight excluding hydrogens is 513 g/mol. The van der Waals surface area contributed by atoms with Crippen LogP contribution in [0.4, 0.5) is 18.9 Å². The molecule has 1 saturated heterocycles. The minimum absolute atomic E-state index is 0.0299. The Morgan fingerprint density at radius 3 is 2.14 bits per heavy atom. The number of rotatable bonds is 8. The molecule has 8 nitrogen and oxygen atoms in total. The number of nitrogens with one attached hydrogen (secondary N) is 2. The van der Waals surface area contributed by atoms with Crippen molar-refractivity contribution in [3.63, 3.8) is 0 Å². The number of aliphatic carboxylic acids is 1. The van der Waals surface area contributed by atoms with Crippen molar-refractivity contribution in [2.24, 2.45) is 0 Å². The minimum atomic E-state index is -5.08. The van der Waals surface area contributed by atoms with Gasteiger partial charge in [-0.2, -0.15) is 13.2 Å². The Hall–Kier alpha value is -3.12. The van der Waals surface area contributed by atoms with Crippen LogP contribution in [0, 0.1) is 0 Å². The molecule has 3 N–H and O–H groups in total. The van der Waals surface area contributed by atoms with E-state index in [1.54, 1.807) is 24.3 Å². The molecule has 12 heteroatoms. The number of anilines is 1. The van der Waals surface area contributed by atoms with Crippen LogP contribution in [0.3, 0.4) is 0 Å². The molecule has 4 rings (SSSR count). The summed E-state index contributed by atoms with van der Waals surface area (Å²) < 4.78 is 65.2. The smallest absolute Gasteiger partial charge is 0.475 e. The van der Waals surface area contributed by atoms with Crippen LogP contribution in [0.5, 0.6) is 0 Å². The topological polar surface area (TPSA) is 122 Å². The van der Waals surface area contributed by atoms with Gasteiger partial charge in [0.2, 0.25) is 5.91 Å². The van der Waals surface area contributed by atoms with E-state index in [4.69, 9.17) is 14.6 Å². The summed E-state index contributed by atoms with van der Waals surface area (Å²) in [6.07, 6.45) is -0.459. The predicted molar refractivity (Wildman–Crippen MR) is 130 cm³/mol. The molecule has 37 heavy (non-hydrogen) atoms. The normalized spacial score (nSPS) is 18.3. The molecule has 202 valence electrons. The number of hydrogen-bond donors (Lipinski definition) is 3. The lowest BCUT2D eigenvalue weighted by atomic mass is 9.94. The van der Waals surface area contributed by atoms with Crippen LogP contribution in [0.25, 0.3) is 0 Å². The number of carbonyl (C=O) groups excluding carboxylic acids is 1. The Morgan fingerprint density at radius 1 is 1.08 bits per heavy atom. The van der Waals surface area contributed by atoms with Gasteiger partial charge in [-0.25, -0.2) is 13.2 Å². The van der Waals surface area contributed by atoms with Crippen LogP contribution in [0.2, 0.25) is 0 Å². The molecular formula is C25H29F3N2O6S. The van der Waals surface area contributed by atoms with Crippen molar-refractivity contribution in [3.05, 3.63) is 59.7 Å². The van der Waals surface area contributed by atoms with Gasteiger partial charge >= 0.3 is 12.1 Å². The van der Waals surface area contributed by atoms with Crippen LogP contribution in [0.1, 0.15) is 43.7 Å². The number of sulfonamides is 1. The Bertz CT molecular complexity index is 1190. The van der Waals surface area contributed by atoms with Gasteiger partial charge in [0.05, 0.1) is 16.4 Å². The lowest BCUT2D eigenvalue weighted by Crippen LogP contribution is -2.39. The molecule has 0 aromatic heterocycles. The zero-order chi connectivity index (χ0) is 27.3. The highest BCUT2D eigenvalue weighted by molar-refractivity contribution is 7.92. The molecule has 1 unspecified atom stereocenters. The molecule has 1 heterocycles. The summed E-state index contributed by atoms with van der Waals surface area (Å²) in [7, 11) is -3.65. The van der Waals surface area contributed by atoms with Crippen LogP contribution >= 0.6 is 0 Å². The molecule has 1 aliphatic heterocycles. The Morgan fingerprint density at radius 2 is 1.68 bits per heavy atom. The van der Waals surface area contributed by atoms with E-state index >= 15 is 0 Å². The van der Waals surface area contributed by atoms with Gasteiger partial charge in [-0.1, -0.05) is 31.2 Å². The third-order valence-electron chi connectivity index (χ3n) is 6.27. The number of benzene rings is 2. The van der Waals surface area contributed by atoms with Crippen LogP contribution in [0.15, 0.2) is 53.4 Å². The number of carbonyl (C=O) groups is 2. The molecule has 2 aliphatic rings. The molecule has 2 aromatic rings. The van der Waals surface area contributed by atoms with Gasteiger partial charge in [-0.15, -0.1) is 0 Å². The predicted octanol–water partition coefficient (Wildman–Crippen LogP) is 4.01. The largest absolute Gasteiger partial charge is 0.490 e. The summed E-state index contributed by atoms with van der Waals surface area (Å²) in [5, 5.41) is 10.2. The maximum atomic E-state index is 12.8. The Balaban J connectivity index is 0.000000479. The van der Waals surface area contributed by atoms with E-state index < -0.39 is 27.6 Å². The average molecular weight is 543 g/mol. The number of alkyl halides is 3. The second-order valence-corrected chi connectivity index (χ2v) is 10.6. The second-order valence-electron chi connectivity index (χ2n) is 8.91. The first kappa shape index (κ1) is 28.5. The quantitative estimate of drug-likeness (QED) is 0.464. The molecule has 0 spiro atoms. The summed E-state index contributed by atoms with van der Waals surface area (Å²) in [5.74, 6) is -2.73. The van der Waals surface area contributed by atoms with Gasteiger partial charge in [0.1, 0.15) is 0 Å². The van der Waals surface area contributed by atoms with Crippen molar-refractivity contribution in [2.45, 2.75) is 61.6 Å². The lowest BCUT2D eigenvalue weighted by Gasteiger charge is -2.18. The number of amides is 1. The number of carboxylic acids is 1. The molecule has 0 radical (unpaired) electrons. The highest BCUT2D eigenvalue weighted by Crippen LogP contribution is 2.48. The van der Waals surface area contributed by atoms with E-state index in [0.29, 0.717) is 12.2 Å². The van der Waals surface area contributed by atoms with Crippen molar-refractivity contribution in [1.29, 1.82) is 0 Å². The van der Waals surface area contributed by atoms with Crippen molar-refractivity contribution in [3.8, 4) is 0 Å². The minimum Gasteiger partial charge on any atom is -0.475 e. The van der Waals surface area contributed by atoms with Crippen LogP contribution < -0.4 is 10.0 Å². The number of carboxylic acid groups (broad SMARTS) is 1. The average Bonchev–Trinajstić information content (AvgIpc) is 3.50. The Labute approximate surface area is 213 Å². The summed E-state index contributed by atoms with van der Waals surface area (Å²) in [5.41, 5.74) is 1.99. The van der Waals surface area contributed by atoms with Crippen molar-refractivity contribution in [1.82, 2.24) is 5.32 Å². The van der Waals surface area contributed by atoms with Gasteiger partial charge in [-0.05, 0) is 67.5 Å². The Kier molecular flexibility index (Phi) is 8.85. The van der Waals surface area contributed by atoms with E-state index in [2.05, 4.69) is 10.0 Å². The number of ether oxygens (including phenoxy) is 1. The first-order chi connectivity index (χ1) is 17.4. The van der Waals surface area contributed by atoms with E-state index in [1.165, 1.54) is 0 Å². The SMILES string of the molecule is CCc1ccc(S(=O)(=O)Nc2ccc(C3(C(=O)NCC4CCCO4)CC3)cc2)cc1.O=C(O)C(F)(F)F. The number of hydrogen-bond acceptors (Lipinski definition) is 5. The van der Waals surface area contributed by atoms with Crippen LogP contribution in [-0.4, -0.2) is 50.8 Å². The highest BCUT2D eigenvalue weighted by Gasteiger charge is 2.51. The molecule has 2 fully saturated rings. The van der Waals surface area contributed by atoms with Crippen molar-refractivity contribution < 1.29 is 41.0 Å². The van der Waals surface area contributed by atoms with Gasteiger partial charge in [0, 0.05) is 18.8 Å². The third kappa shape index (κ3) is 7.45. The summed E-state index contributed by atoms with van der Waals surface area (Å²) in [4.78, 5) is 21.9. The zero-order valence-electron chi connectivity index (χ0n) is 20.2. The van der Waals surface area contributed by atoms with Gasteiger partial charge < -0.3 is 15.2 Å². The fourth-order valence-electron chi connectivity index (χ4n) is 3.93. The standard InChI is InChI=1S/C23H28N2O4S.C2HF3O2/c1-2-17-5-11-21(12-6-17)30(27,28)25-19-9-7-18(8-10-19)23(13-14-23)22(26)24-16-20-4-3-15-29-20;3-2(4,5)1(6)7/h5-12,20,25H,2-4,13-16H2,1H3,(H,24,26);(H,6,7). The van der Waals surface area contributed by atoms with E-state index in [1.807, 2.05) is 31.2 Å². The van der Waals surface area contributed by atoms with Crippen LogP contribution in [-0.2, 0) is 36.2 Å². The monoisotopic (exact) mass is 542 g/mol. The highest BCUT2D eigenvalue weighted by atomic mass is 32.2. The van der Waals surface area contributed by atoms with Gasteiger partial charge in [0.15, 0.2) is 0 Å². The van der Waals surface area contributed by atoms with Crippen molar-refractivity contribution >= 4 is 27.6 Å².